The number of para-hydroxylation sites is 2. The van der Waals surface area contributed by atoms with Crippen molar-refractivity contribution in [3.05, 3.63) is 42.7 Å². The molecule has 4 rings (SSSR count). The van der Waals surface area contributed by atoms with Gasteiger partial charge < -0.3 is 19.8 Å². The number of thioether (sulfide) groups is 1. The van der Waals surface area contributed by atoms with Gasteiger partial charge in [0.2, 0.25) is 5.91 Å². The Morgan fingerprint density at radius 2 is 2.07 bits per heavy atom. The van der Waals surface area contributed by atoms with Crippen LogP contribution in [0.1, 0.15) is 6.92 Å². The van der Waals surface area contributed by atoms with Gasteiger partial charge >= 0.3 is 0 Å². The van der Waals surface area contributed by atoms with Crippen molar-refractivity contribution in [1.29, 1.82) is 0 Å². The van der Waals surface area contributed by atoms with Crippen molar-refractivity contribution in [1.82, 2.24) is 14.8 Å². The number of hydrogen-bond donors (Lipinski definition) is 1. The molecule has 0 fully saturated rings. The predicted molar refractivity (Wildman–Crippen MR) is 107 cm³/mol. The average Bonchev–Trinajstić information content (AvgIpc) is 3.40. The number of hydrogen-bond acceptors (Lipinski definition) is 7. The Bertz CT molecular complexity index is 1030. The summed E-state index contributed by atoms with van der Waals surface area (Å²) < 4.78 is 12.9. The van der Waals surface area contributed by atoms with Gasteiger partial charge in [0.1, 0.15) is 5.75 Å². The molecule has 3 heterocycles. The molecular weight excluding hydrogens is 394 g/mol. The number of ether oxygens (including phenoxy) is 1. The summed E-state index contributed by atoms with van der Waals surface area (Å²) in [5.74, 6) is 1.01. The van der Waals surface area contributed by atoms with E-state index in [0.29, 0.717) is 34.7 Å². The van der Waals surface area contributed by atoms with E-state index in [1.54, 1.807) is 30.5 Å². The Balaban J connectivity index is 1.52. The number of amides is 2. The average molecular weight is 413 g/mol. The van der Waals surface area contributed by atoms with E-state index >= 15 is 0 Å². The van der Waals surface area contributed by atoms with Crippen molar-refractivity contribution in [3.63, 3.8) is 0 Å². The number of fused-ring (bicyclic) bond motifs is 1. The van der Waals surface area contributed by atoms with Crippen molar-refractivity contribution in [3.8, 4) is 17.3 Å². The number of furan rings is 1. The summed E-state index contributed by atoms with van der Waals surface area (Å²) in [5.41, 5.74) is 6.02. The molecule has 0 unspecified atom stereocenters. The first-order chi connectivity index (χ1) is 14.1. The Morgan fingerprint density at radius 1 is 1.24 bits per heavy atom. The number of rotatable bonds is 6. The fraction of sp³-hybridized carbons (Fsp3) is 0.263. The summed E-state index contributed by atoms with van der Waals surface area (Å²) >= 11 is 1.28. The van der Waals surface area contributed by atoms with Crippen molar-refractivity contribution in [2.75, 3.05) is 17.2 Å². The lowest BCUT2D eigenvalue weighted by Gasteiger charge is -2.33. The molecule has 2 aromatic heterocycles. The maximum Gasteiger partial charge on any atom is 0.260 e. The number of nitrogens with zero attached hydrogens (tertiary/aromatic N) is 4. The monoisotopic (exact) mass is 413 g/mol. The van der Waals surface area contributed by atoms with E-state index in [2.05, 4.69) is 10.2 Å². The Labute approximate surface area is 170 Å². The number of anilines is 1. The highest BCUT2D eigenvalue weighted by molar-refractivity contribution is 7.99. The van der Waals surface area contributed by atoms with Crippen LogP contribution >= 0.6 is 11.8 Å². The van der Waals surface area contributed by atoms with Gasteiger partial charge in [-0.25, -0.2) is 0 Å². The van der Waals surface area contributed by atoms with Crippen molar-refractivity contribution < 1.29 is 18.7 Å². The third-order valence-electron chi connectivity index (χ3n) is 4.49. The highest BCUT2D eigenvalue weighted by atomic mass is 32.2. The Morgan fingerprint density at radius 3 is 2.79 bits per heavy atom. The van der Waals surface area contributed by atoms with Crippen LogP contribution in [0.5, 0.6) is 5.75 Å². The van der Waals surface area contributed by atoms with E-state index in [1.165, 1.54) is 16.7 Å². The van der Waals surface area contributed by atoms with Gasteiger partial charge in [0, 0.05) is 6.54 Å². The number of carbonyl (C=O) groups excluding carboxylic acids is 2. The standard InChI is InChI=1S/C19H19N5O4S/c1-2-23-18(14-8-5-9-27-14)21-22-19(23)29-11-16(25)24-10-15(17(20)26)28-13-7-4-3-6-12(13)24/h3-9,15H,2,10-11H2,1H3,(H2,20,26)/t15-/m1/s1. The molecule has 1 aromatic carbocycles. The predicted octanol–water partition coefficient (Wildman–Crippen LogP) is 1.93. The molecule has 9 nitrogen and oxygen atoms in total. The highest BCUT2D eigenvalue weighted by Crippen LogP contribution is 2.34. The SMILES string of the molecule is CCn1c(SCC(=O)N2C[C@H](C(N)=O)Oc3ccccc32)nnc1-c1ccco1. The number of benzene rings is 1. The normalized spacial score (nSPS) is 15.6. The zero-order valence-corrected chi connectivity index (χ0v) is 16.5. The first-order valence-electron chi connectivity index (χ1n) is 9.03. The second-order valence-corrected chi connectivity index (χ2v) is 7.24. The smallest absolute Gasteiger partial charge is 0.260 e. The van der Waals surface area contributed by atoms with Crippen LogP contribution in [0.2, 0.25) is 0 Å². The lowest BCUT2D eigenvalue weighted by Crippen LogP contribution is -2.49. The highest BCUT2D eigenvalue weighted by Gasteiger charge is 2.32. The van der Waals surface area contributed by atoms with Crippen LogP contribution in [0.15, 0.2) is 52.2 Å². The minimum Gasteiger partial charge on any atom is -0.477 e. The van der Waals surface area contributed by atoms with Crippen molar-refractivity contribution >= 4 is 29.3 Å². The molecule has 1 aliphatic heterocycles. The van der Waals surface area contributed by atoms with Crippen LogP contribution < -0.4 is 15.4 Å². The molecular formula is C19H19N5O4S. The summed E-state index contributed by atoms with van der Waals surface area (Å²) in [6.45, 7) is 2.67. The molecule has 10 heteroatoms. The number of nitrogens with two attached hydrogens (primary N) is 1. The van der Waals surface area contributed by atoms with Crippen molar-refractivity contribution in [2.24, 2.45) is 5.73 Å². The molecule has 0 saturated carbocycles. The molecule has 2 N–H and O–H groups in total. The summed E-state index contributed by atoms with van der Waals surface area (Å²) in [4.78, 5) is 26.1. The van der Waals surface area contributed by atoms with Gasteiger partial charge in [0.15, 0.2) is 22.8 Å². The number of aromatic nitrogens is 3. The van der Waals surface area contributed by atoms with E-state index in [1.807, 2.05) is 23.6 Å². The number of primary amides is 1. The molecule has 2 amide bonds. The van der Waals surface area contributed by atoms with E-state index in [0.717, 1.165) is 0 Å². The van der Waals surface area contributed by atoms with Crippen LogP contribution in [-0.2, 0) is 16.1 Å². The molecule has 150 valence electrons. The largest absolute Gasteiger partial charge is 0.477 e. The summed E-state index contributed by atoms with van der Waals surface area (Å²) in [7, 11) is 0. The molecule has 1 aliphatic rings. The first-order valence-corrected chi connectivity index (χ1v) is 10.0. The van der Waals surface area contributed by atoms with Gasteiger partial charge in [-0.1, -0.05) is 23.9 Å². The molecule has 3 aromatic rings. The fourth-order valence-corrected chi connectivity index (χ4v) is 3.97. The van der Waals surface area contributed by atoms with E-state index in [9.17, 15) is 9.59 Å². The van der Waals surface area contributed by atoms with Gasteiger partial charge in [0.05, 0.1) is 24.2 Å². The fourth-order valence-electron chi connectivity index (χ4n) is 3.09. The molecule has 0 spiro atoms. The maximum absolute atomic E-state index is 13.0. The van der Waals surface area contributed by atoms with Crippen LogP contribution in [-0.4, -0.2) is 45.0 Å². The van der Waals surface area contributed by atoms with Crippen LogP contribution in [0.3, 0.4) is 0 Å². The quantitative estimate of drug-likeness (QED) is 0.614. The van der Waals surface area contributed by atoms with Gasteiger partial charge in [-0.3, -0.25) is 14.2 Å². The molecule has 1 atom stereocenters. The maximum atomic E-state index is 13.0. The second kappa shape index (κ2) is 8.00. The molecule has 0 aliphatic carbocycles. The molecule has 0 bridgehead atoms. The zero-order valence-electron chi connectivity index (χ0n) is 15.6. The Hall–Kier alpha value is -3.27. The minimum absolute atomic E-state index is 0.0733. The van der Waals surface area contributed by atoms with E-state index in [4.69, 9.17) is 14.9 Å². The minimum atomic E-state index is -0.885. The second-order valence-electron chi connectivity index (χ2n) is 6.30. The topological polar surface area (TPSA) is 116 Å². The third-order valence-corrected chi connectivity index (χ3v) is 5.44. The van der Waals surface area contributed by atoms with E-state index < -0.39 is 12.0 Å². The van der Waals surface area contributed by atoms with E-state index in [-0.39, 0.29) is 18.2 Å². The lowest BCUT2D eigenvalue weighted by molar-refractivity contribution is -0.125. The first kappa shape index (κ1) is 19.1. The lowest BCUT2D eigenvalue weighted by atomic mass is 10.2. The van der Waals surface area contributed by atoms with Crippen LogP contribution in [0.25, 0.3) is 11.6 Å². The molecule has 0 saturated heterocycles. The summed E-state index contributed by atoms with van der Waals surface area (Å²) in [6.07, 6.45) is 0.689. The van der Waals surface area contributed by atoms with Crippen LogP contribution in [0, 0.1) is 0 Å². The summed E-state index contributed by atoms with van der Waals surface area (Å²) in [6, 6.07) is 10.7. The molecule has 29 heavy (non-hydrogen) atoms. The summed E-state index contributed by atoms with van der Waals surface area (Å²) in [5, 5.41) is 8.99. The Kier molecular flexibility index (Phi) is 5.26. The number of carbonyl (C=O) groups is 2. The van der Waals surface area contributed by atoms with Crippen molar-refractivity contribution in [2.45, 2.75) is 24.7 Å². The zero-order chi connectivity index (χ0) is 20.4. The third kappa shape index (κ3) is 3.70. The molecule has 0 radical (unpaired) electrons. The van der Waals surface area contributed by atoms with Gasteiger partial charge in [-0.2, -0.15) is 0 Å². The van der Waals surface area contributed by atoms with Gasteiger partial charge in [-0.05, 0) is 31.2 Å². The van der Waals surface area contributed by atoms with Crippen LogP contribution in [0.4, 0.5) is 5.69 Å². The van der Waals surface area contributed by atoms with Gasteiger partial charge in [0.25, 0.3) is 5.91 Å². The van der Waals surface area contributed by atoms with Gasteiger partial charge in [-0.15, -0.1) is 10.2 Å².